The Kier molecular flexibility index (Phi) is 2.87. The number of hydrogen-bond acceptors (Lipinski definition) is 4. The highest BCUT2D eigenvalue weighted by Gasteiger charge is 2.29. The van der Waals surface area contributed by atoms with Crippen LogP contribution in [-0.2, 0) is 14.4 Å². The Morgan fingerprint density at radius 1 is 1.53 bits per heavy atom. The second-order valence-electron chi connectivity index (χ2n) is 3.21. The van der Waals surface area contributed by atoms with Gasteiger partial charge < -0.3 is 9.62 Å². The Hall–Kier alpha value is -1.55. The van der Waals surface area contributed by atoms with Crippen molar-refractivity contribution < 1.29 is 19.3 Å². The summed E-state index contributed by atoms with van der Waals surface area (Å²) in [5, 5.41) is 0. The smallest absolute Gasteiger partial charge is 0.316 e. The molecule has 80 valence electrons. The van der Waals surface area contributed by atoms with Crippen LogP contribution in [0.25, 0.3) is 0 Å². The first-order chi connectivity index (χ1) is 7.33. The van der Waals surface area contributed by atoms with E-state index in [1.165, 1.54) is 0 Å². The SMILES string of the molecule is CCOC(=O)C1COOc2ccccc21. The van der Waals surface area contributed by atoms with E-state index in [9.17, 15) is 4.79 Å². The zero-order valence-corrected chi connectivity index (χ0v) is 8.43. The molecule has 1 aromatic rings. The number of esters is 1. The highest BCUT2D eigenvalue weighted by atomic mass is 17.2. The molecule has 0 spiro atoms. The maximum atomic E-state index is 11.6. The Bertz CT molecular complexity index is 361. The molecule has 15 heavy (non-hydrogen) atoms. The lowest BCUT2D eigenvalue weighted by Crippen LogP contribution is -2.25. The summed E-state index contributed by atoms with van der Waals surface area (Å²) in [6, 6.07) is 7.30. The molecule has 1 aromatic carbocycles. The van der Waals surface area contributed by atoms with Crippen molar-refractivity contribution in [3.05, 3.63) is 29.8 Å². The number of carbonyl (C=O) groups is 1. The van der Waals surface area contributed by atoms with Crippen molar-refractivity contribution in [3.8, 4) is 5.75 Å². The molecule has 0 radical (unpaired) electrons. The minimum atomic E-state index is -0.380. The lowest BCUT2D eigenvalue weighted by Gasteiger charge is -2.22. The van der Waals surface area contributed by atoms with Crippen LogP contribution in [0.5, 0.6) is 5.75 Å². The zero-order valence-electron chi connectivity index (χ0n) is 8.43. The molecule has 2 rings (SSSR count). The van der Waals surface area contributed by atoms with Gasteiger partial charge in [0.2, 0.25) is 0 Å². The highest BCUT2D eigenvalue weighted by Crippen LogP contribution is 2.31. The topological polar surface area (TPSA) is 44.8 Å². The molecule has 0 saturated carbocycles. The largest absolute Gasteiger partial charge is 0.465 e. The van der Waals surface area contributed by atoms with E-state index in [4.69, 9.17) is 14.5 Å². The summed E-state index contributed by atoms with van der Waals surface area (Å²) in [6.07, 6.45) is 0. The summed E-state index contributed by atoms with van der Waals surface area (Å²) < 4.78 is 4.96. The molecule has 1 aliphatic rings. The van der Waals surface area contributed by atoms with Gasteiger partial charge in [0.05, 0.1) is 6.61 Å². The maximum absolute atomic E-state index is 11.6. The third-order valence-electron chi connectivity index (χ3n) is 2.25. The van der Waals surface area contributed by atoms with Crippen molar-refractivity contribution in [2.24, 2.45) is 0 Å². The molecular formula is C11H12O4. The third-order valence-corrected chi connectivity index (χ3v) is 2.25. The van der Waals surface area contributed by atoms with Crippen LogP contribution in [0.4, 0.5) is 0 Å². The Balaban J connectivity index is 2.25. The summed E-state index contributed by atoms with van der Waals surface area (Å²) in [6.45, 7) is 2.36. The van der Waals surface area contributed by atoms with Gasteiger partial charge in [-0.2, -0.15) is 4.89 Å². The number of benzene rings is 1. The van der Waals surface area contributed by atoms with E-state index < -0.39 is 0 Å². The van der Waals surface area contributed by atoms with Gasteiger partial charge in [-0.15, -0.1) is 0 Å². The van der Waals surface area contributed by atoms with Crippen LogP contribution in [0, 0.1) is 0 Å². The molecule has 1 heterocycles. The average Bonchev–Trinajstić information content (AvgIpc) is 2.28. The molecule has 0 saturated heterocycles. The average molecular weight is 208 g/mol. The third kappa shape index (κ3) is 1.94. The van der Waals surface area contributed by atoms with Gasteiger partial charge in [-0.25, -0.2) is 0 Å². The minimum absolute atomic E-state index is 0.204. The van der Waals surface area contributed by atoms with Crippen molar-refractivity contribution in [2.75, 3.05) is 13.2 Å². The van der Waals surface area contributed by atoms with E-state index in [2.05, 4.69) is 0 Å². The number of fused-ring (bicyclic) bond motifs is 1. The van der Waals surface area contributed by atoms with Crippen LogP contribution in [0.2, 0.25) is 0 Å². The van der Waals surface area contributed by atoms with E-state index in [1.807, 2.05) is 18.2 Å². The summed E-state index contributed by atoms with van der Waals surface area (Å²) in [7, 11) is 0. The Morgan fingerprint density at radius 3 is 3.13 bits per heavy atom. The molecule has 0 aliphatic carbocycles. The van der Waals surface area contributed by atoms with Gasteiger partial charge in [0, 0.05) is 5.56 Å². The lowest BCUT2D eigenvalue weighted by molar-refractivity contribution is -0.224. The molecule has 0 aromatic heterocycles. The number of para-hydroxylation sites is 1. The summed E-state index contributed by atoms with van der Waals surface area (Å²) >= 11 is 0. The molecule has 4 nitrogen and oxygen atoms in total. The number of hydrogen-bond donors (Lipinski definition) is 0. The summed E-state index contributed by atoms with van der Waals surface area (Å²) in [5.41, 5.74) is 0.821. The van der Waals surface area contributed by atoms with Crippen LogP contribution in [0.15, 0.2) is 24.3 Å². The quantitative estimate of drug-likeness (QED) is 0.547. The summed E-state index contributed by atoms with van der Waals surface area (Å²) in [5.74, 6) is -0.0649. The number of carbonyl (C=O) groups excluding carboxylic acids is 1. The van der Waals surface area contributed by atoms with Gasteiger partial charge in [-0.3, -0.25) is 4.79 Å². The zero-order chi connectivity index (χ0) is 10.7. The second kappa shape index (κ2) is 4.31. The van der Waals surface area contributed by atoms with Gasteiger partial charge in [0.1, 0.15) is 12.5 Å². The lowest BCUT2D eigenvalue weighted by atomic mass is 9.99. The van der Waals surface area contributed by atoms with Crippen molar-refractivity contribution in [3.63, 3.8) is 0 Å². The van der Waals surface area contributed by atoms with Crippen molar-refractivity contribution in [1.29, 1.82) is 0 Å². The molecule has 0 bridgehead atoms. The first-order valence-electron chi connectivity index (χ1n) is 4.88. The first-order valence-corrected chi connectivity index (χ1v) is 4.88. The fourth-order valence-electron chi connectivity index (χ4n) is 1.54. The van der Waals surface area contributed by atoms with Crippen molar-refractivity contribution in [2.45, 2.75) is 12.8 Å². The molecule has 1 aliphatic heterocycles. The molecule has 0 fully saturated rings. The van der Waals surface area contributed by atoms with Crippen LogP contribution in [0.1, 0.15) is 18.4 Å². The van der Waals surface area contributed by atoms with Gasteiger partial charge in [0.25, 0.3) is 0 Å². The standard InChI is InChI=1S/C11H12O4/c1-2-13-11(12)9-7-14-15-10-6-4-3-5-8(9)10/h3-6,9H,2,7H2,1H3. The fourth-order valence-corrected chi connectivity index (χ4v) is 1.54. The van der Waals surface area contributed by atoms with Crippen molar-refractivity contribution in [1.82, 2.24) is 0 Å². The summed E-state index contributed by atoms with van der Waals surface area (Å²) in [4.78, 5) is 21.5. The molecule has 1 unspecified atom stereocenters. The maximum Gasteiger partial charge on any atom is 0.316 e. The molecule has 0 amide bonds. The molecule has 0 N–H and O–H groups in total. The second-order valence-corrected chi connectivity index (χ2v) is 3.21. The van der Waals surface area contributed by atoms with E-state index in [0.717, 1.165) is 5.56 Å². The minimum Gasteiger partial charge on any atom is -0.465 e. The predicted octanol–water partition coefficient (Wildman–Crippen LogP) is 1.66. The Morgan fingerprint density at radius 2 is 2.33 bits per heavy atom. The monoisotopic (exact) mass is 208 g/mol. The highest BCUT2D eigenvalue weighted by molar-refractivity contribution is 5.79. The fraction of sp³-hybridized carbons (Fsp3) is 0.364. The normalized spacial score (nSPS) is 18.9. The van der Waals surface area contributed by atoms with E-state index in [1.54, 1.807) is 13.0 Å². The van der Waals surface area contributed by atoms with Crippen LogP contribution in [-0.4, -0.2) is 19.2 Å². The predicted molar refractivity (Wildman–Crippen MR) is 52.4 cm³/mol. The van der Waals surface area contributed by atoms with Gasteiger partial charge >= 0.3 is 5.97 Å². The number of ether oxygens (including phenoxy) is 1. The van der Waals surface area contributed by atoms with Crippen molar-refractivity contribution >= 4 is 5.97 Å². The van der Waals surface area contributed by atoms with E-state index >= 15 is 0 Å². The van der Waals surface area contributed by atoms with Gasteiger partial charge in [-0.05, 0) is 13.0 Å². The number of rotatable bonds is 2. The van der Waals surface area contributed by atoms with Crippen LogP contribution in [0.3, 0.4) is 0 Å². The molecule has 1 atom stereocenters. The van der Waals surface area contributed by atoms with Gasteiger partial charge in [-0.1, -0.05) is 18.2 Å². The van der Waals surface area contributed by atoms with E-state index in [0.29, 0.717) is 12.4 Å². The van der Waals surface area contributed by atoms with Crippen LogP contribution >= 0.6 is 0 Å². The van der Waals surface area contributed by atoms with Crippen LogP contribution < -0.4 is 4.89 Å². The Labute approximate surface area is 87.7 Å². The molecule has 4 heteroatoms. The van der Waals surface area contributed by atoms with Gasteiger partial charge in [0.15, 0.2) is 5.75 Å². The first kappa shape index (κ1) is 9.98. The molecular weight excluding hydrogens is 196 g/mol. The van der Waals surface area contributed by atoms with E-state index in [-0.39, 0.29) is 18.5 Å².